The summed E-state index contributed by atoms with van der Waals surface area (Å²) in [6, 6.07) is 11.9. The highest BCUT2D eigenvalue weighted by atomic mass is 32.2. The fourth-order valence-electron chi connectivity index (χ4n) is 2.27. The number of aromatic nitrogens is 2. The van der Waals surface area contributed by atoms with Crippen molar-refractivity contribution in [2.24, 2.45) is 0 Å². The molecule has 1 aliphatic rings. The summed E-state index contributed by atoms with van der Waals surface area (Å²) in [5.74, 6) is 1.30. The molecule has 0 aliphatic heterocycles. The van der Waals surface area contributed by atoms with Gasteiger partial charge in [-0.15, -0.1) is 33.3 Å². The molecule has 1 saturated carbocycles. The van der Waals surface area contributed by atoms with Gasteiger partial charge in [0.05, 0.1) is 5.56 Å². The van der Waals surface area contributed by atoms with Gasteiger partial charge in [0.25, 0.3) is 5.91 Å². The number of hydrogen-bond acceptors (Lipinski definition) is 6. The van der Waals surface area contributed by atoms with Crippen LogP contribution in [-0.2, 0) is 5.75 Å². The maximum absolute atomic E-state index is 12.6. The summed E-state index contributed by atoms with van der Waals surface area (Å²) in [6.45, 7) is 0. The van der Waals surface area contributed by atoms with Gasteiger partial charge in [-0.1, -0.05) is 29.5 Å². The first-order valence-electron chi connectivity index (χ1n) is 7.68. The van der Waals surface area contributed by atoms with Crippen LogP contribution in [0, 0.1) is 0 Å². The second-order valence-electron chi connectivity index (χ2n) is 5.54. The van der Waals surface area contributed by atoms with Gasteiger partial charge in [0.2, 0.25) is 5.13 Å². The fourth-order valence-corrected chi connectivity index (χ4v) is 5.00. The van der Waals surface area contributed by atoms with E-state index in [0.29, 0.717) is 16.6 Å². The van der Waals surface area contributed by atoms with Gasteiger partial charge in [0.1, 0.15) is 5.01 Å². The number of carbonyl (C=O) groups is 1. The Balaban J connectivity index is 1.46. The standard InChI is InChI=1S/C17H15N3OS3/c21-15(18-17-20-19-16(24-17)11-7-8-11)13-5-1-2-6-14(13)23-10-12-4-3-9-22-12/h1-6,9,11H,7-8,10H2,(H,18,20,21). The maximum Gasteiger partial charge on any atom is 0.258 e. The van der Waals surface area contributed by atoms with Crippen LogP contribution < -0.4 is 5.32 Å². The summed E-state index contributed by atoms with van der Waals surface area (Å²) < 4.78 is 0. The summed E-state index contributed by atoms with van der Waals surface area (Å²) in [5.41, 5.74) is 0.683. The summed E-state index contributed by atoms with van der Waals surface area (Å²) in [7, 11) is 0. The smallest absolute Gasteiger partial charge is 0.258 e. The number of nitrogens with one attached hydrogen (secondary N) is 1. The number of rotatable bonds is 6. The molecule has 4 rings (SSSR count). The molecule has 0 saturated heterocycles. The van der Waals surface area contributed by atoms with Crippen LogP contribution in [-0.4, -0.2) is 16.1 Å². The van der Waals surface area contributed by atoms with Gasteiger partial charge in [-0.2, -0.15) is 0 Å². The van der Waals surface area contributed by atoms with E-state index in [2.05, 4.69) is 27.0 Å². The van der Waals surface area contributed by atoms with Crippen LogP contribution in [0.25, 0.3) is 0 Å². The van der Waals surface area contributed by atoms with Crippen LogP contribution in [0.15, 0.2) is 46.7 Å². The molecule has 0 radical (unpaired) electrons. The van der Waals surface area contributed by atoms with Crippen LogP contribution in [0.3, 0.4) is 0 Å². The van der Waals surface area contributed by atoms with Gasteiger partial charge < -0.3 is 0 Å². The van der Waals surface area contributed by atoms with Crippen LogP contribution in [0.1, 0.15) is 39.0 Å². The van der Waals surface area contributed by atoms with Gasteiger partial charge in [0.15, 0.2) is 0 Å². The van der Waals surface area contributed by atoms with Gasteiger partial charge in [-0.3, -0.25) is 10.1 Å². The van der Waals surface area contributed by atoms with Crippen LogP contribution >= 0.6 is 34.4 Å². The Labute approximate surface area is 152 Å². The third-order valence-corrected chi connectivity index (χ3v) is 6.85. The average Bonchev–Trinajstić information content (AvgIpc) is 3.12. The highest BCUT2D eigenvalue weighted by Gasteiger charge is 2.27. The summed E-state index contributed by atoms with van der Waals surface area (Å²) in [6.07, 6.45) is 2.37. The summed E-state index contributed by atoms with van der Waals surface area (Å²) >= 11 is 4.90. The molecule has 0 atom stereocenters. The van der Waals surface area contributed by atoms with Crippen molar-refractivity contribution in [2.75, 3.05) is 5.32 Å². The normalized spacial score (nSPS) is 13.8. The van der Waals surface area contributed by atoms with Crippen LogP contribution in [0.2, 0.25) is 0 Å². The van der Waals surface area contributed by atoms with E-state index in [1.54, 1.807) is 23.1 Å². The minimum absolute atomic E-state index is 0.122. The maximum atomic E-state index is 12.6. The van der Waals surface area contributed by atoms with Crippen LogP contribution in [0.4, 0.5) is 5.13 Å². The van der Waals surface area contributed by atoms with E-state index in [1.165, 1.54) is 29.1 Å². The monoisotopic (exact) mass is 373 g/mol. The lowest BCUT2D eigenvalue weighted by Crippen LogP contribution is -2.12. The number of nitrogens with zero attached hydrogens (tertiary/aromatic N) is 2. The van der Waals surface area contributed by atoms with Crippen molar-refractivity contribution >= 4 is 45.5 Å². The lowest BCUT2D eigenvalue weighted by atomic mass is 10.2. The molecule has 1 N–H and O–H groups in total. The van der Waals surface area contributed by atoms with E-state index < -0.39 is 0 Å². The fraction of sp³-hybridized carbons (Fsp3) is 0.235. The van der Waals surface area contributed by atoms with E-state index in [-0.39, 0.29) is 5.91 Å². The second-order valence-corrected chi connectivity index (χ2v) is 8.60. The number of anilines is 1. The van der Waals surface area contributed by atoms with Gasteiger partial charge in [-0.25, -0.2) is 0 Å². The molecule has 0 unspecified atom stereocenters. The zero-order chi connectivity index (χ0) is 16.4. The minimum Gasteiger partial charge on any atom is -0.296 e. The SMILES string of the molecule is O=C(Nc1nnc(C2CC2)s1)c1ccccc1SCc1cccs1. The zero-order valence-corrected chi connectivity index (χ0v) is 15.2. The third kappa shape index (κ3) is 3.68. The average molecular weight is 374 g/mol. The predicted octanol–water partition coefficient (Wildman–Crippen LogP) is 5.02. The lowest BCUT2D eigenvalue weighted by Gasteiger charge is -2.07. The van der Waals surface area contributed by atoms with E-state index in [0.717, 1.165) is 15.7 Å². The van der Waals surface area contributed by atoms with E-state index in [4.69, 9.17) is 0 Å². The molecule has 24 heavy (non-hydrogen) atoms. The van der Waals surface area contributed by atoms with E-state index >= 15 is 0 Å². The molecule has 1 fully saturated rings. The molecule has 4 nitrogen and oxygen atoms in total. The number of amides is 1. The Morgan fingerprint density at radius 3 is 2.88 bits per heavy atom. The van der Waals surface area contributed by atoms with Crippen molar-refractivity contribution in [3.05, 3.63) is 57.2 Å². The molecule has 1 amide bonds. The number of thioether (sulfide) groups is 1. The molecule has 122 valence electrons. The highest BCUT2D eigenvalue weighted by Crippen LogP contribution is 2.42. The molecular weight excluding hydrogens is 358 g/mol. The first kappa shape index (κ1) is 15.8. The summed E-state index contributed by atoms with van der Waals surface area (Å²) in [4.78, 5) is 14.9. The van der Waals surface area contributed by atoms with Crippen molar-refractivity contribution < 1.29 is 4.79 Å². The van der Waals surface area contributed by atoms with Crippen molar-refractivity contribution in [1.82, 2.24) is 10.2 Å². The van der Waals surface area contributed by atoms with Crippen molar-refractivity contribution in [3.8, 4) is 0 Å². The number of benzene rings is 1. The zero-order valence-electron chi connectivity index (χ0n) is 12.8. The molecule has 1 aliphatic carbocycles. The first-order valence-corrected chi connectivity index (χ1v) is 10.4. The molecule has 2 aromatic heterocycles. The molecular formula is C17H15N3OS3. The Morgan fingerprint density at radius 2 is 2.08 bits per heavy atom. The molecule has 7 heteroatoms. The predicted molar refractivity (Wildman–Crippen MR) is 100 cm³/mol. The Morgan fingerprint density at radius 1 is 1.21 bits per heavy atom. The largest absolute Gasteiger partial charge is 0.296 e. The van der Waals surface area contributed by atoms with Gasteiger partial charge >= 0.3 is 0 Å². The van der Waals surface area contributed by atoms with Crippen LogP contribution in [0.5, 0.6) is 0 Å². The highest BCUT2D eigenvalue weighted by molar-refractivity contribution is 7.98. The molecule has 3 aromatic rings. The number of hydrogen-bond donors (Lipinski definition) is 1. The minimum atomic E-state index is -0.122. The molecule has 0 spiro atoms. The van der Waals surface area contributed by atoms with Crippen molar-refractivity contribution in [3.63, 3.8) is 0 Å². The van der Waals surface area contributed by atoms with Crippen molar-refractivity contribution in [2.45, 2.75) is 29.4 Å². The Bertz CT molecular complexity index is 840. The van der Waals surface area contributed by atoms with E-state index in [9.17, 15) is 4.79 Å². The molecule has 2 heterocycles. The number of carbonyl (C=O) groups excluding carboxylic acids is 1. The quantitative estimate of drug-likeness (QED) is 0.616. The lowest BCUT2D eigenvalue weighted by molar-refractivity contribution is 0.102. The Kier molecular flexibility index (Phi) is 4.64. The third-order valence-electron chi connectivity index (χ3n) is 3.67. The summed E-state index contributed by atoms with van der Waals surface area (Å²) in [5, 5.41) is 14.8. The molecule has 1 aromatic carbocycles. The van der Waals surface area contributed by atoms with Gasteiger partial charge in [-0.05, 0) is 36.4 Å². The van der Waals surface area contributed by atoms with Gasteiger partial charge in [0, 0.05) is 21.4 Å². The topological polar surface area (TPSA) is 54.9 Å². The molecule has 0 bridgehead atoms. The second kappa shape index (κ2) is 7.04. The number of thiophene rings is 1. The van der Waals surface area contributed by atoms with Crippen molar-refractivity contribution in [1.29, 1.82) is 0 Å². The van der Waals surface area contributed by atoms with E-state index in [1.807, 2.05) is 30.3 Å². The first-order chi connectivity index (χ1) is 11.8. The Hall–Kier alpha value is -1.70.